The molecule has 0 bridgehead atoms. The van der Waals surface area contributed by atoms with Crippen LogP contribution in [0.15, 0.2) is 23.1 Å². The van der Waals surface area contributed by atoms with Gasteiger partial charge in [0.2, 0.25) is 5.95 Å². The normalized spacial score (nSPS) is 17.4. The van der Waals surface area contributed by atoms with E-state index in [2.05, 4.69) is 24.8 Å². The Hall–Kier alpha value is -2.59. The third-order valence-electron chi connectivity index (χ3n) is 4.57. The van der Waals surface area contributed by atoms with E-state index in [-0.39, 0.29) is 5.56 Å². The summed E-state index contributed by atoms with van der Waals surface area (Å²) >= 11 is 6.25. The van der Waals surface area contributed by atoms with E-state index in [0.29, 0.717) is 28.3 Å². The lowest BCUT2D eigenvalue weighted by Crippen LogP contribution is -2.48. The number of hydrogen-bond acceptors (Lipinski definition) is 6. The highest BCUT2D eigenvalue weighted by Crippen LogP contribution is 2.38. The highest BCUT2D eigenvalue weighted by molar-refractivity contribution is 6.33. The van der Waals surface area contributed by atoms with Crippen molar-refractivity contribution in [3.63, 3.8) is 0 Å². The number of aromatic amines is 1. The second kappa shape index (κ2) is 6.37. The lowest BCUT2D eigenvalue weighted by atomic mass is 10.2. The van der Waals surface area contributed by atoms with Crippen molar-refractivity contribution in [1.29, 1.82) is 5.26 Å². The monoisotopic (exact) mass is 356 g/mol. The first-order valence-corrected chi connectivity index (χ1v) is 8.68. The van der Waals surface area contributed by atoms with Crippen LogP contribution in [0.5, 0.6) is 0 Å². The van der Waals surface area contributed by atoms with E-state index in [1.54, 1.807) is 12.1 Å². The molecule has 1 N–H and O–H groups in total. The van der Waals surface area contributed by atoms with Crippen molar-refractivity contribution in [2.24, 2.45) is 0 Å². The van der Waals surface area contributed by atoms with Crippen molar-refractivity contribution < 1.29 is 0 Å². The minimum atomic E-state index is -0.0915. The summed E-state index contributed by atoms with van der Waals surface area (Å²) in [4.78, 5) is 27.8. The van der Waals surface area contributed by atoms with Gasteiger partial charge in [0.15, 0.2) is 0 Å². The number of nitrogens with one attached hydrogen (secondary N) is 1. The number of H-pyrrole nitrogens is 1. The zero-order valence-corrected chi connectivity index (χ0v) is 14.3. The van der Waals surface area contributed by atoms with Crippen LogP contribution in [0.4, 0.5) is 11.8 Å². The Balaban J connectivity index is 1.48. The molecule has 4 rings (SSSR count). The first-order chi connectivity index (χ1) is 12.1. The molecule has 3 heterocycles. The molecule has 0 amide bonds. The number of rotatable bonds is 3. The lowest BCUT2D eigenvalue weighted by Gasteiger charge is -2.36. The number of anilines is 2. The van der Waals surface area contributed by atoms with Gasteiger partial charge in [-0.05, 0) is 18.9 Å². The molecule has 1 aliphatic heterocycles. The summed E-state index contributed by atoms with van der Waals surface area (Å²) in [6.45, 7) is 2.87. The van der Waals surface area contributed by atoms with E-state index in [1.165, 1.54) is 6.20 Å². The van der Waals surface area contributed by atoms with E-state index in [9.17, 15) is 4.79 Å². The van der Waals surface area contributed by atoms with Crippen molar-refractivity contribution in [1.82, 2.24) is 15.0 Å². The van der Waals surface area contributed by atoms with Crippen LogP contribution in [-0.2, 0) is 0 Å². The van der Waals surface area contributed by atoms with Gasteiger partial charge in [-0.25, -0.2) is 9.97 Å². The molecule has 7 nitrogen and oxygen atoms in total. The minimum Gasteiger partial charge on any atom is -0.352 e. The number of nitriles is 1. The highest BCUT2D eigenvalue weighted by atomic mass is 35.5. The van der Waals surface area contributed by atoms with Crippen LogP contribution in [0.1, 0.15) is 30.0 Å². The summed E-state index contributed by atoms with van der Waals surface area (Å²) in [6.07, 6.45) is 3.77. The summed E-state index contributed by atoms with van der Waals surface area (Å²) in [6, 6.07) is 5.28. The van der Waals surface area contributed by atoms with Crippen LogP contribution in [0.3, 0.4) is 0 Å². The maximum absolute atomic E-state index is 11.9. The second-order valence-corrected chi connectivity index (χ2v) is 6.79. The molecule has 0 atom stereocenters. The number of hydrogen-bond donors (Lipinski definition) is 1. The van der Waals surface area contributed by atoms with Crippen molar-refractivity contribution in [2.45, 2.75) is 18.8 Å². The standard InChI is InChI=1S/C17H17ClN6O/c18-13-7-11(9-19)10-20-16(13)23-3-5-24(6-4-23)17-21-14(12-1-2-12)8-15(25)22-17/h7-8,10,12H,1-6H2,(H,21,22,25). The van der Waals surface area contributed by atoms with Crippen molar-refractivity contribution >= 4 is 23.4 Å². The fourth-order valence-corrected chi connectivity index (χ4v) is 3.34. The summed E-state index contributed by atoms with van der Waals surface area (Å²) in [7, 11) is 0. The first-order valence-electron chi connectivity index (χ1n) is 8.31. The van der Waals surface area contributed by atoms with E-state index >= 15 is 0 Å². The molecule has 0 aromatic carbocycles. The SMILES string of the molecule is N#Cc1cnc(N2CCN(c3nc(C4CC4)cc(=O)[nH]3)CC2)c(Cl)c1. The summed E-state index contributed by atoms with van der Waals surface area (Å²) in [5.74, 6) is 1.78. The van der Waals surface area contributed by atoms with Gasteiger partial charge in [0.05, 0.1) is 16.3 Å². The fraction of sp³-hybridized carbons (Fsp3) is 0.412. The molecule has 8 heteroatoms. The Morgan fingerprint density at radius 1 is 1.20 bits per heavy atom. The Morgan fingerprint density at radius 2 is 1.92 bits per heavy atom. The van der Waals surface area contributed by atoms with Crippen LogP contribution in [-0.4, -0.2) is 41.1 Å². The molecule has 2 aliphatic rings. The zero-order chi connectivity index (χ0) is 17.4. The molecule has 128 valence electrons. The predicted molar refractivity (Wildman–Crippen MR) is 95.2 cm³/mol. The largest absolute Gasteiger partial charge is 0.352 e. The summed E-state index contributed by atoms with van der Waals surface area (Å²) in [5.41, 5.74) is 1.26. The molecule has 2 aromatic rings. The molecular formula is C17H17ClN6O. The third kappa shape index (κ3) is 3.30. The van der Waals surface area contributed by atoms with Gasteiger partial charge in [0.1, 0.15) is 11.9 Å². The molecule has 1 saturated carbocycles. The Labute approximate surface area is 149 Å². The number of piperazine rings is 1. The summed E-state index contributed by atoms with van der Waals surface area (Å²) < 4.78 is 0. The lowest BCUT2D eigenvalue weighted by molar-refractivity contribution is 0.632. The van der Waals surface area contributed by atoms with Gasteiger partial charge in [-0.3, -0.25) is 9.78 Å². The number of halogens is 1. The van der Waals surface area contributed by atoms with Gasteiger partial charge in [-0.15, -0.1) is 0 Å². The zero-order valence-electron chi connectivity index (χ0n) is 13.6. The Kier molecular flexibility index (Phi) is 4.06. The van der Waals surface area contributed by atoms with Gasteiger partial charge in [-0.2, -0.15) is 5.26 Å². The van der Waals surface area contributed by atoms with Crippen LogP contribution in [0.25, 0.3) is 0 Å². The smallest absolute Gasteiger partial charge is 0.252 e. The topological polar surface area (TPSA) is 88.9 Å². The van der Waals surface area contributed by atoms with Crippen LogP contribution < -0.4 is 15.4 Å². The molecule has 0 radical (unpaired) electrons. The summed E-state index contributed by atoms with van der Waals surface area (Å²) in [5, 5.41) is 9.39. The van der Waals surface area contributed by atoms with Gasteiger partial charge < -0.3 is 9.80 Å². The molecule has 2 fully saturated rings. The molecular weight excluding hydrogens is 340 g/mol. The molecule has 0 unspecified atom stereocenters. The average Bonchev–Trinajstić information content (AvgIpc) is 3.46. The van der Waals surface area contributed by atoms with Crippen molar-refractivity contribution in [3.8, 4) is 6.07 Å². The predicted octanol–water partition coefficient (Wildman–Crippen LogP) is 1.89. The molecule has 2 aromatic heterocycles. The molecule has 25 heavy (non-hydrogen) atoms. The fourth-order valence-electron chi connectivity index (χ4n) is 3.06. The molecule has 1 aliphatic carbocycles. The van der Waals surface area contributed by atoms with Gasteiger partial charge in [-0.1, -0.05) is 11.6 Å². The quantitative estimate of drug-likeness (QED) is 0.903. The second-order valence-electron chi connectivity index (χ2n) is 6.38. The minimum absolute atomic E-state index is 0.0915. The van der Waals surface area contributed by atoms with Crippen LogP contribution >= 0.6 is 11.6 Å². The van der Waals surface area contributed by atoms with E-state index in [1.807, 2.05) is 6.07 Å². The van der Waals surface area contributed by atoms with Gasteiger partial charge in [0.25, 0.3) is 5.56 Å². The van der Waals surface area contributed by atoms with Crippen molar-refractivity contribution in [2.75, 3.05) is 36.0 Å². The highest BCUT2D eigenvalue weighted by Gasteiger charge is 2.27. The number of nitrogens with zero attached hydrogens (tertiary/aromatic N) is 5. The number of aromatic nitrogens is 3. The Bertz CT molecular complexity index is 893. The van der Waals surface area contributed by atoms with Crippen molar-refractivity contribution in [3.05, 3.63) is 45.0 Å². The first kappa shape index (κ1) is 15.9. The average molecular weight is 357 g/mol. The third-order valence-corrected chi connectivity index (χ3v) is 4.85. The maximum atomic E-state index is 11.9. The molecule has 0 spiro atoms. The van der Waals surface area contributed by atoms with Crippen LogP contribution in [0, 0.1) is 11.3 Å². The maximum Gasteiger partial charge on any atom is 0.252 e. The van der Waals surface area contributed by atoms with E-state index < -0.39 is 0 Å². The molecule has 1 saturated heterocycles. The van der Waals surface area contributed by atoms with Gasteiger partial charge >= 0.3 is 0 Å². The van der Waals surface area contributed by atoms with E-state index in [0.717, 1.165) is 44.7 Å². The van der Waals surface area contributed by atoms with Gasteiger partial charge in [0, 0.05) is 44.4 Å². The van der Waals surface area contributed by atoms with E-state index in [4.69, 9.17) is 16.9 Å². The number of pyridine rings is 1. The van der Waals surface area contributed by atoms with Crippen LogP contribution in [0.2, 0.25) is 5.02 Å². The Morgan fingerprint density at radius 3 is 2.56 bits per heavy atom.